The summed E-state index contributed by atoms with van der Waals surface area (Å²) in [7, 11) is 4.14. The van der Waals surface area contributed by atoms with Gasteiger partial charge in [0.15, 0.2) is 0 Å². The highest BCUT2D eigenvalue weighted by Gasteiger charge is 2.20. The molecule has 0 aromatic carbocycles. The van der Waals surface area contributed by atoms with Crippen molar-refractivity contribution in [2.24, 2.45) is 0 Å². The topological polar surface area (TPSA) is 73.9 Å². The molecule has 0 aliphatic heterocycles. The average Bonchev–Trinajstić information content (AvgIpc) is 2.31. The Morgan fingerprint density at radius 2 is 1.81 bits per heavy atom. The third-order valence-corrected chi connectivity index (χ3v) is 2.05. The van der Waals surface area contributed by atoms with Crippen LogP contribution >= 0.6 is 0 Å². The summed E-state index contributed by atoms with van der Waals surface area (Å²) >= 11 is 0. The number of carbonyl (C=O) groups is 2. The molecule has 0 saturated carbocycles. The van der Waals surface area contributed by atoms with Crippen LogP contribution in [-0.4, -0.2) is 46.0 Å². The summed E-state index contributed by atoms with van der Waals surface area (Å²) in [5.41, 5.74) is 0. The lowest BCUT2D eigenvalue weighted by Gasteiger charge is -2.15. The van der Waals surface area contributed by atoms with Crippen molar-refractivity contribution in [3.05, 3.63) is 0 Å². The first-order chi connectivity index (χ1) is 7.65. The molecule has 16 heavy (non-hydrogen) atoms. The Morgan fingerprint density at radius 3 is 2.31 bits per heavy atom. The van der Waals surface area contributed by atoms with Crippen LogP contribution in [0.5, 0.6) is 0 Å². The van der Waals surface area contributed by atoms with Crippen molar-refractivity contribution in [1.29, 1.82) is 0 Å². The number of rotatable bonds is 7. The summed E-state index contributed by atoms with van der Waals surface area (Å²) in [4.78, 5) is 22.3. The Balaban J connectivity index is 4.00. The van der Waals surface area contributed by atoms with Gasteiger partial charge in [0.05, 0.1) is 14.2 Å². The molecular formula is C10H19NO5. The molecule has 0 aromatic rings. The Hall–Kier alpha value is -1.30. The Labute approximate surface area is 95.2 Å². The van der Waals surface area contributed by atoms with E-state index in [2.05, 4.69) is 14.8 Å². The molecule has 0 spiro atoms. The maximum absolute atomic E-state index is 11.3. The summed E-state index contributed by atoms with van der Waals surface area (Å²) < 4.78 is 13.9. The molecule has 1 unspecified atom stereocenters. The molecule has 0 fully saturated rings. The smallest absolute Gasteiger partial charge is 0.407 e. The highest BCUT2D eigenvalue weighted by Crippen LogP contribution is 2.03. The zero-order chi connectivity index (χ0) is 12.4. The van der Waals surface area contributed by atoms with E-state index >= 15 is 0 Å². The van der Waals surface area contributed by atoms with Gasteiger partial charge in [0.1, 0.15) is 6.04 Å². The van der Waals surface area contributed by atoms with E-state index in [1.165, 1.54) is 14.2 Å². The molecule has 0 rings (SSSR count). The third-order valence-electron chi connectivity index (χ3n) is 2.05. The summed E-state index contributed by atoms with van der Waals surface area (Å²) in [6.45, 7) is 0.631. The number of alkyl carbamates (subject to hydrolysis) is 1. The van der Waals surface area contributed by atoms with Gasteiger partial charge in [0, 0.05) is 13.7 Å². The molecule has 6 heteroatoms. The fourth-order valence-corrected chi connectivity index (χ4v) is 1.19. The van der Waals surface area contributed by atoms with Crippen molar-refractivity contribution in [3.8, 4) is 0 Å². The van der Waals surface area contributed by atoms with E-state index in [1.54, 1.807) is 7.11 Å². The molecule has 0 aliphatic rings. The van der Waals surface area contributed by atoms with Gasteiger partial charge in [-0.1, -0.05) is 0 Å². The lowest BCUT2D eigenvalue weighted by atomic mass is 10.1. The normalized spacial score (nSPS) is 11.7. The lowest BCUT2D eigenvalue weighted by molar-refractivity contribution is -0.143. The highest BCUT2D eigenvalue weighted by atomic mass is 16.5. The first-order valence-electron chi connectivity index (χ1n) is 5.07. The van der Waals surface area contributed by atoms with Gasteiger partial charge in [-0.3, -0.25) is 0 Å². The number of hydrogen-bond donors (Lipinski definition) is 1. The molecule has 0 aliphatic carbocycles. The summed E-state index contributed by atoms with van der Waals surface area (Å²) in [6, 6.07) is -0.658. The minimum Gasteiger partial charge on any atom is -0.467 e. The van der Waals surface area contributed by atoms with Crippen molar-refractivity contribution in [2.45, 2.75) is 25.3 Å². The van der Waals surface area contributed by atoms with E-state index in [4.69, 9.17) is 4.74 Å². The molecule has 0 bridgehead atoms. The number of carbonyl (C=O) groups excluding carboxylic acids is 2. The number of unbranched alkanes of at least 4 members (excludes halogenated alkanes) is 1. The SMILES string of the molecule is COCCCCC(NC(=O)OC)C(=O)OC. The Bertz CT molecular complexity index is 219. The second kappa shape index (κ2) is 8.96. The molecule has 6 nitrogen and oxygen atoms in total. The van der Waals surface area contributed by atoms with E-state index in [0.29, 0.717) is 13.0 Å². The van der Waals surface area contributed by atoms with Gasteiger partial charge in [-0.15, -0.1) is 0 Å². The zero-order valence-electron chi connectivity index (χ0n) is 9.95. The standard InChI is InChI=1S/C10H19NO5/c1-14-7-5-4-6-8(9(12)15-2)11-10(13)16-3/h8H,4-7H2,1-3H3,(H,11,13). The zero-order valence-corrected chi connectivity index (χ0v) is 9.95. The molecule has 1 atom stereocenters. The van der Waals surface area contributed by atoms with Crippen molar-refractivity contribution in [3.63, 3.8) is 0 Å². The van der Waals surface area contributed by atoms with E-state index in [9.17, 15) is 9.59 Å². The highest BCUT2D eigenvalue weighted by molar-refractivity contribution is 5.81. The minimum atomic E-state index is -0.658. The van der Waals surface area contributed by atoms with Crippen LogP contribution in [0.15, 0.2) is 0 Å². The molecule has 0 radical (unpaired) electrons. The van der Waals surface area contributed by atoms with E-state index in [0.717, 1.165) is 12.8 Å². The van der Waals surface area contributed by atoms with Crippen LogP contribution in [-0.2, 0) is 19.0 Å². The first-order valence-corrected chi connectivity index (χ1v) is 5.07. The predicted molar refractivity (Wildman–Crippen MR) is 57.1 cm³/mol. The average molecular weight is 233 g/mol. The van der Waals surface area contributed by atoms with E-state index < -0.39 is 18.1 Å². The number of methoxy groups -OCH3 is 3. The molecule has 0 aromatic heterocycles. The van der Waals surface area contributed by atoms with Crippen LogP contribution < -0.4 is 5.32 Å². The van der Waals surface area contributed by atoms with E-state index in [-0.39, 0.29) is 0 Å². The largest absolute Gasteiger partial charge is 0.467 e. The quantitative estimate of drug-likeness (QED) is 0.517. The Kier molecular flexibility index (Phi) is 8.24. The van der Waals surface area contributed by atoms with Crippen LogP contribution in [0.4, 0.5) is 4.79 Å². The fraction of sp³-hybridized carbons (Fsp3) is 0.800. The van der Waals surface area contributed by atoms with Crippen LogP contribution in [0.3, 0.4) is 0 Å². The monoisotopic (exact) mass is 233 g/mol. The van der Waals surface area contributed by atoms with Crippen LogP contribution in [0.25, 0.3) is 0 Å². The minimum absolute atomic E-state index is 0.470. The van der Waals surface area contributed by atoms with Crippen molar-refractivity contribution in [2.75, 3.05) is 27.9 Å². The van der Waals surface area contributed by atoms with Gasteiger partial charge in [-0.05, 0) is 19.3 Å². The summed E-state index contributed by atoms with van der Waals surface area (Å²) in [5, 5.41) is 2.42. The van der Waals surface area contributed by atoms with E-state index in [1.807, 2.05) is 0 Å². The number of esters is 1. The van der Waals surface area contributed by atoms with Gasteiger partial charge in [-0.2, -0.15) is 0 Å². The van der Waals surface area contributed by atoms with Gasteiger partial charge >= 0.3 is 12.1 Å². The lowest BCUT2D eigenvalue weighted by Crippen LogP contribution is -2.41. The number of ether oxygens (including phenoxy) is 3. The number of nitrogens with one attached hydrogen (secondary N) is 1. The molecular weight excluding hydrogens is 214 g/mol. The molecule has 0 heterocycles. The molecule has 0 saturated heterocycles. The number of amides is 1. The molecule has 94 valence electrons. The van der Waals surface area contributed by atoms with Crippen molar-refractivity contribution >= 4 is 12.1 Å². The predicted octanol–water partition coefficient (Wildman–Crippen LogP) is 0.701. The first kappa shape index (κ1) is 14.7. The Morgan fingerprint density at radius 1 is 1.12 bits per heavy atom. The van der Waals surface area contributed by atoms with Gasteiger partial charge in [0.2, 0.25) is 0 Å². The third kappa shape index (κ3) is 6.23. The maximum Gasteiger partial charge on any atom is 0.407 e. The summed E-state index contributed by atoms with van der Waals surface area (Å²) in [6.07, 6.45) is 1.46. The van der Waals surface area contributed by atoms with Crippen molar-refractivity contribution in [1.82, 2.24) is 5.32 Å². The van der Waals surface area contributed by atoms with Gasteiger partial charge < -0.3 is 19.5 Å². The van der Waals surface area contributed by atoms with Crippen LogP contribution in [0.2, 0.25) is 0 Å². The van der Waals surface area contributed by atoms with Crippen molar-refractivity contribution < 1.29 is 23.8 Å². The number of hydrogen-bond acceptors (Lipinski definition) is 5. The van der Waals surface area contributed by atoms with Crippen LogP contribution in [0.1, 0.15) is 19.3 Å². The molecule has 1 N–H and O–H groups in total. The second-order valence-electron chi connectivity index (χ2n) is 3.20. The van der Waals surface area contributed by atoms with Gasteiger partial charge in [0.25, 0.3) is 0 Å². The van der Waals surface area contributed by atoms with Crippen LogP contribution in [0, 0.1) is 0 Å². The summed E-state index contributed by atoms with van der Waals surface area (Å²) in [5.74, 6) is -0.470. The fourth-order valence-electron chi connectivity index (χ4n) is 1.19. The maximum atomic E-state index is 11.3. The van der Waals surface area contributed by atoms with Gasteiger partial charge in [-0.25, -0.2) is 9.59 Å². The second-order valence-corrected chi connectivity index (χ2v) is 3.20. The molecule has 1 amide bonds.